The summed E-state index contributed by atoms with van der Waals surface area (Å²) in [5, 5.41) is 2.43. The minimum Gasteiger partial charge on any atom is -0.493 e. The van der Waals surface area contributed by atoms with Crippen molar-refractivity contribution in [3.8, 4) is 11.5 Å². The Morgan fingerprint density at radius 3 is 2.40 bits per heavy atom. The van der Waals surface area contributed by atoms with Crippen LogP contribution in [0.3, 0.4) is 0 Å². The number of benzene rings is 1. The van der Waals surface area contributed by atoms with Crippen molar-refractivity contribution in [2.24, 2.45) is 11.8 Å². The molecule has 1 fully saturated rings. The quantitative estimate of drug-likeness (QED) is 0.357. The van der Waals surface area contributed by atoms with E-state index in [0.29, 0.717) is 0 Å². The number of ether oxygens (including phenoxy) is 5. The van der Waals surface area contributed by atoms with Gasteiger partial charge in [0.1, 0.15) is 18.6 Å². The average Bonchev–Trinajstić information content (AvgIpc) is 2.99. The molecule has 0 spiro atoms. The van der Waals surface area contributed by atoms with E-state index in [1.807, 2.05) is 18.2 Å². The number of hydrogen-bond acceptors (Lipinski definition) is 11. The molecule has 226 valence electrons. The summed E-state index contributed by atoms with van der Waals surface area (Å²) in [6.45, 7) is 4.19. The van der Waals surface area contributed by atoms with Gasteiger partial charge in [-0.05, 0) is 18.9 Å². The average molecular weight is 586 g/mol. The molecule has 0 radical (unpaired) electrons. The second-order valence-corrected chi connectivity index (χ2v) is 10.1. The standard InChI is InChI=1S/C29H35N3O10/c1-16(2)26(34)41-23-17(3)40-28(36)20(15-39-27(35)19(23)14-18-10-8-7-9-11-18)31-25(33)22-24(42-29(37)32(4)5)21(38-6)12-13-30-22/h7-13,16-17,19-20,23H,14-15H2,1-6H3,(H,31,33)/t17-,19+,20-,23-/m0/s1. The summed E-state index contributed by atoms with van der Waals surface area (Å²) in [6, 6.07) is 8.96. The maximum atomic E-state index is 13.4. The van der Waals surface area contributed by atoms with Gasteiger partial charge in [-0.1, -0.05) is 44.2 Å². The van der Waals surface area contributed by atoms with Crippen molar-refractivity contribution in [3.05, 3.63) is 53.9 Å². The van der Waals surface area contributed by atoms with Gasteiger partial charge in [-0.2, -0.15) is 0 Å². The zero-order valence-corrected chi connectivity index (χ0v) is 24.3. The minimum absolute atomic E-state index is 0.0426. The van der Waals surface area contributed by atoms with E-state index in [1.165, 1.54) is 40.4 Å². The first-order valence-corrected chi connectivity index (χ1v) is 13.3. The summed E-state index contributed by atoms with van der Waals surface area (Å²) in [5.74, 6) is -4.95. The van der Waals surface area contributed by atoms with E-state index in [2.05, 4.69) is 10.3 Å². The topological polar surface area (TPSA) is 160 Å². The third-order valence-corrected chi connectivity index (χ3v) is 6.33. The van der Waals surface area contributed by atoms with Crippen molar-refractivity contribution >= 4 is 29.9 Å². The van der Waals surface area contributed by atoms with Gasteiger partial charge in [-0.3, -0.25) is 14.4 Å². The number of carbonyl (C=O) groups excluding carboxylic acids is 5. The van der Waals surface area contributed by atoms with E-state index in [0.717, 1.165) is 10.5 Å². The van der Waals surface area contributed by atoms with Crippen LogP contribution in [0.4, 0.5) is 4.79 Å². The highest BCUT2D eigenvalue weighted by Crippen LogP contribution is 2.30. The predicted molar refractivity (Wildman–Crippen MR) is 147 cm³/mol. The first-order chi connectivity index (χ1) is 19.9. The molecule has 13 nitrogen and oxygen atoms in total. The fraction of sp³-hybridized carbons (Fsp3) is 0.448. The Balaban J connectivity index is 1.90. The molecule has 0 unspecified atom stereocenters. The van der Waals surface area contributed by atoms with Crippen molar-refractivity contribution in [2.45, 2.75) is 45.4 Å². The first kappa shape index (κ1) is 31.8. The predicted octanol–water partition coefficient (Wildman–Crippen LogP) is 2.16. The molecule has 1 N–H and O–H groups in total. The molecule has 3 rings (SSSR count). The van der Waals surface area contributed by atoms with Crippen LogP contribution in [-0.2, 0) is 35.0 Å². The first-order valence-electron chi connectivity index (χ1n) is 13.3. The number of nitrogens with zero attached hydrogens (tertiary/aromatic N) is 2. The van der Waals surface area contributed by atoms with E-state index >= 15 is 0 Å². The third-order valence-electron chi connectivity index (χ3n) is 6.33. The Kier molecular flexibility index (Phi) is 10.8. The summed E-state index contributed by atoms with van der Waals surface area (Å²) < 4.78 is 27.2. The second kappa shape index (κ2) is 14.3. The number of hydrogen-bond donors (Lipinski definition) is 1. The Labute approximate surface area is 243 Å². The van der Waals surface area contributed by atoms with Crippen LogP contribution in [0.15, 0.2) is 42.6 Å². The maximum Gasteiger partial charge on any atom is 0.414 e. The van der Waals surface area contributed by atoms with Crippen molar-refractivity contribution in [2.75, 3.05) is 27.8 Å². The Morgan fingerprint density at radius 1 is 1.10 bits per heavy atom. The van der Waals surface area contributed by atoms with Gasteiger partial charge in [-0.25, -0.2) is 14.6 Å². The molecule has 1 aromatic carbocycles. The molecule has 2 amide bonds. The summed E-state index contributed by atoms with van der Waals surface area (Å²) >= 11 is 0. The van der Waals surface area contributed by atoms with Crippen LogP contribution in [0.2, 0.25) is 0 Å². The number of esters is 3. The number of methoxy groups -OCH3 is 1. The van der Waals surface area contributed by atoms with E-state index in [9.17, 15) is 24.0 Å². The van der Waals surface area contributed by atoms with Crippen molar-refractivity contribution < 1.29 is 47.7 Å². The van der Waals surface area contributed by atoms with Crippen LogP contribution in [-0.4, -0.2) is 85.9 Å². The minimum atomic E-state index is -1.47. The molecule has 13 heteroatoms. The molecule has 1 aliphatic rings. The summed E-state index contributed by atoms with van der Waals surface area (Å²) in [4.78, 5) is 69.8. The zero-order valence-electron chi connectivity index (χ0n) is 24.3. The molecule has 0 aliphatic carbocycles. The molecule has 1 aliphatic heterocycles. The van der Waals surface area contributed by atoms with E-state index in [-0.39, 0.29) is 23.6 Å². The van der Waals surface area contributed by atoms with Crippen molar-refractivity contribution in [3.63, 3.8) is 0 Å². The van der Waals surface area contributed by atoms with Crippen LogP contribution in [0, 0.1) is 11.8 Å². The van der Waals surface area contributed by atoms with E-state index in [4.69, 9.17) is 23.7 Å². The summed E-state index contributed by atoms with van der Waals surface area (Å²) in [6.07, 6.45) is -1.64. The van der Waals surface area contributed by atoms with Crippen LogP contribution in [0.25, 0.3) is 0 Å². The number of carbonyl (C=O) groups is 5. The van der Waals surface area contributed by atoms with Gasteiger partial charge in [0.05, 0.1) is 13.0 Å². The Bertz CT molecular complexity index is 1300. The largest absolute Gasteiger partial charge is 0.493 e. The fourth-order valence-electron chi connectivity index (χ4n) is 4.01. The Morgan fingerprint density at radius 2 is 1.79 bits per heavy atom. The van der Waals surface area contributed by atoms with Crippen molar-refractivity contribution in [1.82, 2.24) is 15.2 Å². The summed E-state index contributed by atoms with van der Waals surface area (Å²) in [5.41, 5.74) is 0.416. The van der Waals surface area contributed by atoms with E-state index in [1.54, 1.807) is 26.0 Å². The van der Waals surface area contributed by atoms with Crippen LogP contribution in [0.1, 0.15) is 36.8 Å². The van der Waals surface area contributed by atoms with E-state index < -0.39 is 66.6 Å². The molecule has 4 atom stereocenters. The fourth-order valence-corrected chi connectivity index (χ4v) is 4.01. The second-order valence-electron chi connectivity index (χ2n) is 10.1. The normalized spacial score (nSPS) is 20.6. The van der Waals surface area contributed by atoms with Gasteiger partial charge in [0.2, 0.25) is 5.75 Å². The lowest BCUT2D eigenvalue weighted by Crippen LogP contribution is -2.47. The van der Waals surface area contributed by atoms with Crippen molar-refractivity contribution in [1.29, 1.82) is 0 Å². The molecular formula is C29H35N3O10. The molecule has 1 aromatic heterocycles. The highest BCUT2D eigenvalue weighted by atomic mass is 16.6. The Hall–Kier alpha value is -4.68. The summed E-state index contributed by atoms with van der Waals surface area (Å²) in [7, 11) is 4.21. The number of nitrogens with one attached hydrogen (secondary N) is 1. The molecule has 2 aromatic rings. The number of amides is 2. The third kappa shape index (κ3) is 7.95. The molecular weight excluding hydrogens is 550 g/mol. The van der Waals surface area contributed by atoms with Gasteiger partial charge >= 0.3 is 24.0 Å². The van der Waals surface area contributed by atoms with Crippen LogP contribution >= 0.6 is 0 Å². The molecule has 0 saturated carbocycles. The highest BCUT2D eigenvalue weighted by Gasteiger charge is 2.42. The lowest BCUT2D eigenvalue weighted by Gasteiger charge is -2.29. The van der Waals surface area contributed by atoms with Gasteiger partial charge in [0.25, 0.3) is 5.91 Å². The van der Waals surface area contributed by atoms with Crippen LogP contribution < -0.4 is 14.8 Å². The lowest BCUT2D eigenvalue weighted by molar-refractivity contribution is -0.176. The maximum absolute atomic E-state index is 13.4. The number of cyclic esters (lactones) is 2. The molecule has 2 heterocycles. The van der Waals surface area contributed by atoms with Crippen LogP contribution in [0.5, 0.6) is 11.5 Å². The zero-order chi connectivity index (χ0) is 31.0. The molecule has 0 bridgehead atoms. The number of aromatic nitrogens is 1. The monoisotopic (exact) mass is 585 g/mol. The smallest absolute Gasteiger partial charge is 0.414 e. The van der Waals surface area contributed by atoms with Gasteiger partial charge in [0.15, 0.2) is 23.6 Å². The molecule has 42 heavy (non-hydrogen) atoms. The van der Waals surface area contributed by atoms with Gasteiger partial charge < -0.3 is 33.9 Å². The van der Waals surface area contributed by atoms with Gasteiger partial charge in [0, 0.05) is 26.4 Å². The SMILES string of the molecule is COc1ccnc(C(=O)N[C@H]2COC(=O)[C@H](Cc3ccccc3)[C@@H](OC(=O)C(C)C)[C@H](C)OC2=O)c1OC(=O)N(C)C. The number of rotatable bonds is 8. The molecule has 1 saturated heterocycles. The highest BCUT2D eigenvalue weighted by molar-refractivity contribution is 5.99. The van der Waals surface area contributed by atoms with Gasteiger partial charge in [-0.15, -0.1) is 0 Å². The number of pyridine rings is 1. The lowest BCUT2D eigenvalue weighted by atomic mass is 9.91.